The van der Waals surface area contributed by atoms with Gasteiger partial charge in [-0.25, -0.2) is 0 Å². The Morgan fingerprint density at radius 1 is 1.36 bits per heavy atom. The van der Waals surface area contributed by atoms with E-state index in [0.29, 0.717) is 6.54 Å². The molecular weight excluding hydrogens is 276 g/mol. The van der Waals surface area contributed by atoms with Crippen molar-refractivity contribution in [3.05, 3.63) is 29.8 Å². The van der Waals surface area contributed by atoms with Crippen molar-refractivity contribution < 1.29 is 9.53 Å². The van der Waals surface area contributed by atoms with Crippen molar-refractivity contribution in [3.8, 4) is 0 Å². The lowest BCUT2D eigenvalue weighted by molar-refractivity contribution is -0.122. The zero-order valence-corrected chi connectivity index (χ0v) is 14.4. The second kappa shape index (κ2) is 6.80. The summed E-state index contributed by atoms with van der Waals surface area (Å²) in [7, 11) is 3.58. The molecule has 0 radical (unpaired) electrons. The number of likely N-dealkylation sites (N-methyl/N-ethyl adjacent to an activating group) is 1. The first-order valence-electron chi connectivity index (χ1n) is 7.97. The largest absolute Gasteiger partial charge is 0.366 e. The maximum Gasteiger partial charge on any atom is 0.240 e. The number of methoxy groups -OCH3 is 1. The summed E-state index contributed by atoms with van der Waals surface area (Å²) in [6, 6.07) is 8.15. The minimum atomic E-state index is 0.00778. The highest BCUT2D eigenvalue weighted by atomic mass is 16.5. The van der Waals surface area contributed by atoms with Crippen LogP contribution in [0.15, 0.2) is 24.3 Å². The van der Waals surface area contributed by atoms with Crippen LogP contribution in [-0.4, -0.2) is 44.3 Å². The van der Waals surface area contributed by atoms with Gasteiger partial charge in [-0.2, -0.15) is 0 Å². The standard InChI is InChI=1S/C18H28N2O2/c1-18(2,3)14-9-6-7-10-15(14)19(4)16(21)13-20-12-8-11-17(20)22-5/h6-7,9-10,17H,8,11-13H2,1-5H3/t17-/m1/s1. The Morgan fingerprint density at radius 2 is 2.05 bits per heavy atom. The summed E-state index contributed by atoms with van der Waals surface area (Å²) < 4.78 is 5.44. The fraction of sp³-hybridized carbons (Fsp3) is 0.611. The second-order valence-electron chi connectivity index (χ2n) is 7.02. The van der Waals surface area contributed by atoms with Gasteiger partial charge in [-0.05, 0) is 29.9 Å². The SMILES string of the molecule is CO[C@@H]1CCCN1CC(=O)N(C)c1ccccc1C(C)(C)C. The van der Waals surface area contributed by atoms with Crippen molar-refractivity contribution in [2.24, 2.45) is 0 Å². The molecular formula is C18H28N2O2. The van der Waals surface area contributed by atoms with Gasteiger partial charge in [0, 0.05) is 26.4 Å². The normalized spacial score (nSPS) is 19.4. The summed E-state index contributed by atoms with van der Waals surface area (Å²) in [5.74, 6) is 0.112. The predicted octanol–water partition coefficient (Wildman–Crippen LogP) is 3.02. The number of carbonyl (C=O) groups excluding carboxylic acids is 1. The molecule has 1 aliphatic rings. The minimum absolute atomic E-state index is 0.00778. The van der Waals surface area contributed by atoms with E-state index in [1.807, 2.05) is 25.2 Å². The summed E-state index contributed by atoms with van der Waals surface area (Å²) in [4.78, 5) is 16.6. The number of rotatable bonds is 4. The van der Waals surface area contributed by atoms with Crippen molar-refractivity contribution in [1.29, 1.82) is 0 Å². The highest BCUT2D eigenvalue weighted by molar-refractivity contribution is 5.95. The molecule has 0 aliphatic carbocycles. The summed E-state index contributed by atoms with van der Waals surface area (Å²) in [6.07, 6.45) is 2.18. The number of benzene rings is 1. The highest BCUT2D eigenvalue weighted by Crippen LogP contribution is 2.31. The van der Waals surface area contributed by atoms with Crippen LogP contribution in [0.25, 0.3) is 0 Å². The van der Waals surface area contributed by atoms with Gasteiger partial charge in [0.2, 0.25) is 5.91 Å². The average molecular weight is 304 g/mol. The lowest BCUT2D eigenvalue weighted by Gasteiger charge is -2.30. The third-order valence-corrected chi connectivity index (χ3v) is 4.36. The van der Waals surface area contributed by atoms with Crippen LogP contribution in [0, 0.1) is 0 Å². The first-order valence-corrected chi connectivity index (χ1v) is 7.97. The molecule has 1 aliphatic heterocycles. The predicted molar refractivity (Wildman–Crippen MR) is 90.2 cm³/mol. The molecule has 4 nitrogen and oxygen atoms in total. The summed E-state index contributed by atoms with van der Waals surface area (Å²) in [5, 5.41) is 0. The number of likely N-dealkylation sites (tertiary alicyclic amines) is 1. The van der Waals surface area contributed by atoms with Crippen LogP contribution in [0.2, 0.25) is 0 Å². The number of ether oxygens (including phenoxy) is 1. The van der Waals surface area contributed by atoms with Crippen LogP contribution in [0.1, 0.15) is 39.2 Å². The van der Waals surface area contributed by atoms with Crippen LogP contribution >= 0.6 is 0 Å². The number of hydrogen-bond acceptors (Lipinski definition) is 3. The van der Waals surface area contributed by atoms with Crippen molar-refractivity contribution in [3.63, 3.8) is 0 Å². The zero-order valence-electron chi connectivity index (χ0n) is 14.4. The molecule has 22 heavy (non-hydrogen) atoms. The Hall–Kier alpha value is -1.39. The molecule has 4 heteroatoms. The zero-order chi connectivity index (χ0) is 16.3. The molecule has 0 aromatic heterocycles. The van der Waals surface area contributed by atoms with Crippen molar-refractivity contribution >= 4 is 11.6 Å². The molecule has 122 valence electrons. The minimum Gasteiger partial charge on any atom is -0.366 e. The van der Waals surface area contributed by atoms with Gasteiger partial charge < -0.3 is 9.64 Å². The monoisotopic (exact) mass is 304 g/mol. The van der Waals surface area contributed by atoms with Gasteiger partial charge in [0.15, 0.2) is 0 Å². The Labute approximate surface area is 134 Å². The molecule has 0 unspecified atom stereocenters. The van der Waals surface area contributed by atoms with Crippen LogP contribution in [0.3, 0.4) is 0 Å². The van der Waals surface area contributed by atoms with E-state index in [2.05, 4.69) is 31.7 Å². The number of hydrogen-bond donors (Lipinski definition) is 0. The van der Waals surface area contributed by atoms with Gasteiger partial charge in [0.05, 0.1) is 6.54 Å². The van der Waals surface area contributed by atoms with E-state index in [-0.39, 0.29) is 17.6 Å². The first-order chi connectivity index (χ1) is 10.3. The van der Waals surface area contributed by atoms with E-state index in [0.717, 1.165) is 25.1 Å². The van der Waals surface area contributed by atoms with E-state index < -0.39 is 0 Å². The molecule has 0 bridgehead atoms. The maximum atomic E-state index is 12.7. The van der Waals surface area contributed by atoms with Gasteiger partial charge in [-0.3, -0.25) is 9.69 Å². The third kappa shape index (κ3) is 3.68. The fourth-order valence-electron chi connectivity index (χ4n) is 3.06. The van der Waals surface area contributed by atoms with E-state index in [4.69, 9.17) is 4.74 Å². The third-order valence-electron chi connectivity index (χ3n) is 4.36. The van der Waals surface area contributed by atoms with Crippen molar-refractivity contribution in [1.82, 2.24) is 4.90 Å². The number of para-hydroxylation sites is 1. The molecule has 1 aromatic carbocycles. The van der Waals surface area contributed by atoms with Crippen LogP contribution in [0.5, 0.6) is 0 Å². The molecule has 1 heterocycles. The summed E-state index contributed by atoms with van der Waals surface area (Å²) in [5.41, 5.74) is 2.19. The van der Waals surface area contributed by atoms with Gasteiger partial charge in [-0.1, -0.05) is 39.0 Å². The molecule has 1 amide bonds. The van der Waals surface area contributed by atoms with E-state index >= 15 is 0 Å². The molecule has 1 aromatic rings. The Bertz CT molecular complexity index is 522. The number of anilines is 1. The first kappa shape index (κ1) is 17.0. The fourth-order valence-corrected chi connectivity index (χ4v) is 3.06. The molecule has 0 saturated carbocycles. The van der Waals surface area contributed by atoms with Crippen molar-refractivity contribution in [2.45, 2.75) is 45.3 Å². The average Bonchev–Trinajstić information content (AvgIpc) is 2.92. The van der Waals surface area contributed by atoms with Gasteiger partial charge in [0.1, 0.15) is 6.23 Å². The molecule has 0 spiro atoms. The lowest BCUT2D eigenvalue weighted by Crippen LogP contribution is -2.41. The van der Waals surface area contributed by atoms with Crippen LogP contribution in [0.4, 0.5) is 5.69 Å². The molecule has 0 N–H and O–H groups in total. The van der Waals surface area contributed by atoms with Gasteiger partial charge in [-0.15, -0.1) is 0 Å². The van der Waals surface area contributed by atoms with Crippen LogP contribution < -0.4 is 4.90 Å². The smallest absolute Gasteiger partial charge is 0.240 e. The second-order valence-corrected chi connectivity index (χ2v) is 7.02. The van der Waals surface area contributed by atoms with E-state index in [9.17, 15) is 4.79 Å². The molecule has 2 rings (SSSR count). The quantitative estimate of drug-likeness (QED) is 0.857. The van der Waals surface area contributed by atoms with E-state index in [1.165, 1.54) is 5.56 Å². The number of amides is 1. The molecule has 1 fully saturated rings. The Balaban J connectivity index is 2.14. The number of nitrogens with zero attached hydrogens (tertiary/aromatic N) is 2. The number of carbonyl (C=O) groups is 1. The van der Waals surface area contributed by atoms with Gasteiger partial charge >= 0.3 is 0 Å². The van der Waals surface area contributed by atoms with Crippen LogP contribution in [-0.2, 0) is 14.9 Å². The maximum absolute atomic E-state index is 12.7. The summed E-state index contributed by atoms with van der Waals surface area (Å²) >= 11 is 0. The molecule has 1 saturated heterocycles. The van der Waals surface area contributed by atoms with Gasteiger partial charge in [0.25, 0.3) is 0 Å². The van der Waals surface area contributed by atoms with Crippen molar-refractivity contribution in [2.75, 3.05) is 32.1 Å². The Morgan fingerprint density at radius 3 is 2.68 bits per heavy atom. The highest BCUT2D eigenvalue weighted by Gasteiger charge is 2.28. The molecule has 1 atom stereocenters. The van der Waals surface area contributed by atoms with E-state index in [1.54, 1.807) is 12.0 Å². The Kier molecular flexibility index (Phi) is 5.24. The topological polar surface area (TPSA) is 32.8 Å². The summed E-state index contributed by atoms with van der Waals surface area (Å²) in [6.45, 7) is 7.86. The lowest BCUT2D eigenvalue weighted by atomic mass is 9.85.